The molecule has 1 aliphatic rings. The topological polar surface area (TPSA) is 12.5 Å². The van der Waals surface area contributed by atoms with Gasteiger partial charge in [0.15, 0.2) is 0 Å². The zero-order valence-electron chi connectivity index (χ0n) is 15.1. The molecule has 2 nitrogen and oxygen atoms in total. The van der Waals surface area contributed by atoms with Gasteiger partial charge in [-0.3, -0.25) is 4.84 Å². The third-order valence-corrected chi connectivity index (χ3v) is 5.05. The average Bonchev–Trinajstić information content (AvgIpc) is 2.67. The lowest BCUT2D eigenvalue weighted by Crippen LogP contribution is -2.49. The predicted molar refractivity (Wildman–Crippen MR) is 94.9 cm³/mol. The maximum Gasteiger partial charge on any atom is 0.109 e. The van der Waals surface area contributed by atoms with Crippen LogP contribution in [0.1, 0.15) is 58.2 Å². The first kappa shape index (κ1) is 16.2. The fourth-order valence-corrected chi connectivity index (χ4v) is 3.82. The summed E-state index contributed by atoms with van der Waals surface area (Å²) < 4.78 is 0. The molecule has 0 aromatic heterocycles. The molecule has 23 heavy (non-hydrogen) atoms. The molecule has 122 valence electrons. The molecule has 0 bridgehead atoms. The van der Waals surface area contributed by atoms with E-state index >= 15 is 0 Å². The number of hydrogen-bond acceptors (Lipinski definition) is 2. The van der Waals surface area contributed by atoms with Crippen molar-refractivity contribution in [3.05, 3.63) is 71.3 Å². The predicted octanol–water partition coefficient (Wildman–Crippen LogP) is 5.34. The molecule has 1 aliphatic heterocycles. The molecule has 3 rings (SSSR count). The van der Waals surface area contributed by atoms with Gasteiger partial charge in [-0.2, -0.15) is 5.06 Å². The maximum absolute atomic E-state index is 6.63. The summed E-state index contributed by atoms with van der Waals surface area (Å²) in [5, 5.41) is 2.18. The van der Waals surface area contributed by atoms with E-state index in [1.54, 1.807) is 0 Å². The van der Waals surface area contributed by atoms with E-state index in [1.165, 1.54) is 16.7 Å². The van der Waals surface area contributed by atoms with Crippen molar-refractivity contribution >= 4 is 0 Å². The molecular weight excluding hydrogens is 282 g/mol. The molecule has 0 atom stereocenters. The average molecular weight is 309 g/mol. The molecule has 1 heterocycles. The molecule has 2 heteroatoms. The van der Waals surface area contributed by atoms with E-state index in [0.29, 0.717) is 0 Å². The first-order valence-corrected chi connectivity index (χ1v) is 8.32. The SMILES string of the molecule is CC(C)(ON1C(C)(C)c2ccccc2C1(C)C)c1ccccc1. The summed E-state index contributed by atoms with van der Waals surface area (Å²) in [5.74, 6) is 0. The largest absolute Gasteiger partial charge is 0.287 e. The van der Waals surface area contributed by atoms with Crippen LogP contribution < -0.4 is 0 Å². The van der Waals surface area contributed by atoms with Crippen molar-refractivity contribution < 1.29 is 4.84 Å². The number of benzene rings is 2. The van der Waals surface area contributed by atoms with Gasteiger partial charge in [-0.05, 0) is 58.2 Å². The van der Waals surface area contributed by atoms with E-state index < -0.39 is 5.60 Å². The Hall–Kier alpha value is -1.64. The zero-order chi connectivity index (χ0) is 16.9. The molecule has 2 aromatic rings. The first-order chi connectivity index (χ1) is 10.7. The first-order valence-electron chi connectivity index (χ1n) is 8.32. The van der Waals surface area contributed by atoms with Crippen LogP contribution in [-0.4, -0.2) is 5.06 Å². The van der Waals surface area contributed by atoms with Gasteiger partial charge in [0.2, 0.25) is 0 Å². The summed E-state index contributed by atoms with van der Waals surface area (Å²) in [5.41, 5.74) is 3.13. The second-order valence-electron chi connectivity index (χ2n) is 7.93. The number of fused-ring (bicyclic) bond motifs is 1. The van der Waals surface area contributed by atoms with Gasteiger partial charge in [-0.1, -0.05) is 54.6 Å². The van der Waals surface area contributed by atoms with E-state index in [2.05, 4.69) is 95.1 Å². The molecule has 0 saturated heterocycles. The molecule has 0 fully saturated rings. The maximum atomic E-state index is 6.63. The second kappa shape index (κ2) is 5.19. The Labute approximate surface area is 140 Å². The van der Waals surface area contributed by atoms with Gasteiger partial charge < -0.3 is 0 Å². The van der Waals surface area contributed by atoms with Crippen LogP contribution in [0.15, 0.2) is 54.6 Å². The molecule has 0 spiro atoms. The van der Waals surface area contributed by atoms with Gasteiger partial charge in [-0.15, -0.1) is 0 Å². The summed E-state index contributed by atoms with van der Waals surface area (Å²) in [6.07, 6.45) is 0. The van der Waals surface area contributed by atoms with E-state index in [0.717, 1.165) is 0 Å². The van der Waals surface area contributed by atoms with Gasteiger partial charge in [0.25, 0.3) is 0 Å². The molecule has 0 radical (unpaired) electrons. The van der Waals surface area contributed by atoms with Crippen molar-refractivity contribution in [3.63, 3.8) is 0 Å². The van der Waals surface area contributed by atoms with Gasteiger partial charge in [-0.25, -0.2) is 0 Å². The zero-order valence-corrected chi connectivity index (χ0v) is 15.1. The molecule has 0 unspecified atom stereocenters. The Morgan fingerprint density at radius 2 is 1.17 bits per heavy atom. The minimum absolute atomic E-state index is 0.174. The van der Waals surface area contributed by atoms with Crippen LogP contribution in [0, 0.1) is 0 Å². The Kier molecular flexibility index (Phi) is 3.66. The standard InChI is InChI=1S/C21H27NO/c1-19(2)17-14-10-11-15-18(17)20(3,4)22(19)23-21(5,6)16-12-8-7-9-13-16/h7-15H,1-6H3. The fraction of sp³-hybridized carbons (Fsp3) is 0.429. The van der Waals surface area contributed by atoms with Crippen molar-refractivity contribution in [2.24, 2.45) is 0 Å². The monoisotopic (exact) mass is 309 g/mol. The summed E-state index contributed by atoms with van der Waals surface area (Å²) in [7, 11) is 0. The number of hydrogen-bond donors (Lipinski definition) is 0. The number of hydroxylamine groups is 2. The van der Waals surface area contributed by atoms with Crippen LogP contribution in [-0.2, 0) is 21.5 Å². The third kappa shape index (κ3) is 2.50. The lowest BCUT2D eigenvalue weighted by Gasteiger charge is -2.44. The van der Waals surface area contributed by atoms with Crippen LogP contribution in [0.3, 0.4) is 0 Å². The van der Waals surface area contributed by atoms with Crippen LogP contribution >= 0.6 is 0 Å². The highest BCUT2D eigenvalue weighted by Gasteiger charge is 2.51. The Balaban J connectivity index is 2.01. The van der Waals surface area contributed by atoms with Crippen molar-refractivity contribution in [1.29, 1.82) is 0 Å². The summed E-state index contributed by atoms with van der Waals surface area (Å²) >= 11 is 0. The van der Waals surface area contributed by atoms with Crippen molar-refractivity contribution in [3.8, 4) is 0 Å². The van der Waals surface area contributed by atoms with Crippen molar-refractivity contribution in [2.45, 2.75) is 58.2 Å². The van der Waals surface area contributed by atoms with Gasteiger partial charge in [0.1, 0.15) is 5.60 Å². The van der Waals surface area contributed by atoms with Crippen molar-refractivity contribution in [1.82, 2.24) is 5.06 Å². The van der Waals surface area contributed by atoms with Crippen LogP contribution in [0.25, 0.3) is 0 Å². The quantitative estimate of drug-likeness (QED) is 0.759. The highest BCUT2D eigenvalue weighted by molar-refractivity contribution is 5.42. The minimum Gasteiger partial charge on any atom is -0.287 e. The van der Waals surface area contributed by atoms with Crippen molar-refractivity contribution in [2.75, 3.05) is 0 Å². The normalized spacial score (nSPS) is 19.6. The highest BCUT2D eigenvalue weighted by atomic mass is 16.7. The van der Waals surface area contributed by atoms with E-state index in [4.69, 9.17) is 4.84 Å². The van der Waals surface area contributed by atoms with E-state index in [-0.39, 0.29) is 11.1 Å². The Bertz CT molecular complexity index is 666. The van der Waals surface area contributed by atoms with E-state index in [9.17, 15) is 0 Å². The van der Waals surface area contributed by atoms with Crippen LogP contribution in [0.5, 0.6) is 0 Å². The number of rotatable bonds is 3. The molecular formula is C21H27NO. The van der Waals surface area contributed by atoms with Crippen LogP contribution in [0.2, 0.25) is 0 Å². The van der Waals surface area contributed by atoms with Gasteiger partial charge in [0, 0.05) is 0 Å². The summed E-state index contributed by atoms with van der Waals surface area (Å²) in [6, 6.07) is 19.1. The second-order valence-corrected chi connectivity index (χ2v) is 7.93. The summed E-state index contributed by atoms with van der Waals surface area (Å²) in [6.45, 7) is 13.2. The molecule has 0 N–H and O–H groups in total. The smallest absolute Gasteiger partial charge is 0.109 e. The van der Waals surface area contributed by atoms with E-state index in [1.807, 2.05) is 6.07 Å². The van der Waals surface area contributed by atoms with Gasteiger partial charge >= 0.3 is 0 Å². The lowest BCUT2D eigenvalue weighted by atomic mass is 9.91. The molecule has 0 aliphatic carbocycles. The fourth-order valence-electron chi connectivity index (χ4n) is 3.82. The summed E-state index contributed by atoms with van der Waals surface area (Å²) in [4.78, 5) is 6.63. The Morgan fingerprint density at radius 3 is 1.65 bits per heavy atom. The molecule has 0 saturated carbocycles. The molecule has 2 aromatic carbocycles. The molecule has 0 amide bonds. The van der Waals surface area contributed by atoms with Gasteiger partial charge in [0.05, 0.1) is 11.1 Å². The highest BCUT2D eigenvalue weighted by Crippen LogP contribution is 2.51. The van der Waals surface area contributed by atoms with Crippen LogP contribution in [0.4, 0.5) is 0 Å². The minimum atomic E-state index is -0.391. The number of nitrogens with zero attached hydrogens (tertiary/aromatic N) is 1. The lowest BCUT2D eigenvalue weighted by molar-refractivity contribution is -0.319. The third-order valence-electron chi connectivity index (χ3n) is 5.05. The Morgan fingerprint density at radius 1 is 0.739 bits per heavy atom.